The van der Waals surface area contributed by atoms with Gasteiger partial charge in [0.1, 0.15) is 5.75 Å². The maximum Gasteiger partial charge on any atom is 0.277 e. The van der Waals surface area contributed by atoms with E-state index in [9.17, 15) is 9.90 Å². The Morgan fingerprint density at radius 1 is 1.25 bits per heavy atom. The van der Waals surface area contributed by atoms with Gasteiger partial charge in [0.15, 0.2) is 18.1 Å². The lowest BCUT2D eigenvalue weighted by atomic mass is 10.1. The zero-order valence-electron chi connectivity index (χ0n) is 13.9. The van der Waals surface area contributed by atoms with Gasteiger partial charge in [-0.3, -0.25) is 4.79 Å². The zero-order chi connectivity index (χ0) is 17.5. The van der Waals surface area contributed by atoms with Crippen LogP contribution in [0.1, 0.15) is 16.7 Å². The fourth-order valence-electron chi connectivity index (χ4n) is 2.02. The van der Waals surface area contributed by atoms with Crippen molar-refractivity contribution in [2.75, 3.05) is 13.7 Å². The second kappa shape index (κ2) is 8.01. The van der Waals surface area contributed by atoms with Crippen LogP contribution in [0.25, 0.3) is 0 Å². The number of benzene rings is 2. The minimum atomic E-state index is -0.394. The van der Waals surface area contributed by atoms with Gasteiger partial charge in [-0.2, -0.15) is 5.10 Å². The summed E-state index contributed by atoms with van der Waals surface area (Å²) in [6, 6.07) is 10.8. The molecule has 1 amide bonds. The van der Waals surface area contributed by atoms with Crippen LogP contribution in [-0.4, -0.2) is 30.9 Å². The minimum absolute atomic E-state index is 0.0374. The molecule has 0 radical (unpaired) electrons. The highest BCUT2D eigenvalue weighted by molar-refractivity contribution is 5.86. The maximum atomic E-state index is 11.8. The van der Waals surface area contributed by atoms with Crippen molar-refractivity contribution < 1.29 is 19.4 Å². The van der Waals surface area contributed by atoms with Gasteiger partial charge in [0, 0.05) is 5.56 Å². The van der Waals surface area contributed by atoms with Crippen molar-refractivity contribution in [1.82, 2.24) is 5.43 Å². The molecule has 126 valence electrons. The molecule has 6 heteroatoms. The Bertz CT molecular complexity index is 757. The zero-order valence-corrected chi connectivity index (χ0v) is 13.9. The number of ether oxygens (including phenoxy) is 2. The van der Waals surface area contributed by atoms with Crippen molar-refractivity contribution in [2.24, 2.45) is 5.10 Å². The number of nitrogens with one attached hydrogen (secondary N) is 1. The summed E-state index contributed by atoms with van der Waals surface area (Å²) in [5.41, 5.74) is 4.80. The smallest absolute Gasteiger partial charge is 0.277 e. The number of para-hydroxylation sites is 1. The van der Waals surface area contributed by atoms with Crippen molar-refractivity contribution in [3.63, 3.8) is 0 Å². The fraction of sp³-hybridized carbons (Fsp3) is 0.222. The highest BCUT2D eigenvalue weighted by Crippen LogP contribution is 2.27. The molecule has 6 nitrogen and oxygen atoms in total. The number of aryl methyl sites for hydroxylation is 2. The largest absolute Gasteiger partial charge is 0.504 e. The molecule has 0 heterocycles. The Morgan fingerprint density at radius 2 is 2.04 bits per heavy atom. The number of hydrogen-bond acceptors (Lipinski definition) is 5. The number of hydrazone groups is 1. The van der Waals surface area contributed by atoms with E-state index in [1.807, 2.05) is 32.0 Å². The van der Waals surface area contributed by atoms with Crippen LogP contribution in [0, 0.1) is 13.8 Å². The van der Waals surface area contributed by atoms with Crippen molar-refractivity contribution in [2.45, 2.75) is 13.8 Å². The standard InChI is InChI=1S/C18H20N2O4/c1-12-7-8-13(2)16(9-12)24-11-17(21)20-19-10-14-5-4-6-15(23-3)18(14)22/h4-10,22H,11H2,1-3H3,(H,20,21)/b19-10-. The summed E-state index contributed by atoms with van der Waals surface area (Å²) >= 11 is 0. The summed E-state index contributed by atoms with van der Waals surface area (Å²) in [7, 11) is 1.46. The number of hydrogen-bond donors (Lipinski definition) is 2. The third-order valence-corrected chi connectivity index (χ3v) is 3.35. The molecule has 2 N–H and O–H groups in total. The molecule has 0 fully saturated rings. The van der Waals surface area contributed by atoms with E-state index in [0.29, 0.717) is 17.1 Å². The molecular weight excluding hydrogens is 308 g/mol. The molecule has 0 unspecified atom stereocenters. The molecule has 0 bridgehead atoms. The molecular formula is C18H20N2O4. The van der Waals surface area contributed by atoms with Crippen LogP contribution in [0.3, 0.4) is 0 Å². The quantitative estimate of drug-likeness (QED) is 0.631. The number of phenols is 1. The Kier molecular flexibility index (Phi) is 5.78. The highest BCUT2D eigenvalue weighted by atomic mass is 16.5. The third-order valence-electron chi connectivity index (χ3n) is 3.35. The van der Waals surface area contributed by atoms with E-state index in [-0.39, 0.29) is 12.4 Å². The lowest BCUT2D eigenvalue weighted by molar-refractivity contribution is -0.123. The van der Waals surface area contributed by atoms with Crippen LogP contribution < -0.4 is 14.9 Å². The van der Waals surface area contributed by atoms with Crippen LogP contribution in [0.15, 0.2) is 41.5 Å². The number of carbonyl (C=O) groups excluding carboxylic acids is 1. The topological polar surface area (TPSA) is 80.2 Å². The lowest BCUT2D eigenvalue weighted by Crippen LogP contribution is -2.24. The molecule has 0 saturated carbocycles. The summed E-state index contributed by atoms with van der Waals surface area (Å²) in [5, 5.41) is 13.7. The molecule has 2 aromatic carbocycles. The Hall–Kier alpha value is -3.02. The van der Waals surface area contributed by atoms with Crippen molar-refractivity contribution >= 4 is 12.1 Å². The summed E-state index contributed by atoms with van der Waals surface area (Å²) < 4.78 is 10.5. The van der Waals surface area contributed by atoms with E-state index in [4.69, 9.17) is 9.47 Å². The fourth-order valence-corrected chi connectivity index (χ4v) is 2.02. The van der Waals surface area contributed by atoms with Crippen LogP contribution in [0.2, 0.25) is 0 Å². The number of methoxy groups -OCH3 is 1. The first-order chi connectivity index (χ1) is 11.5. The molecule has 0 saturated heterocycles. The highest BCUT2D eigenvalue weighted by Gasteiger charge is 2.06. The Balaban J connectivity index is 1.90. The number of amides is 1. The summed E-state index contributed by atoms with van der Waals surface area (Å²) in [6.07, 6.45) is 1.34. The molecule has 24 heavy (non-hydrogen) atoms. The van der Waals surface area contributed by atoms with Gasteiger partial charge in [0.2, 0.25) is 0 Å². The number of phenolic OH excluding ortho intramolecular Hbond substituents is 1. The monoisotopic (exact) mass is 328 g/mol. The predicted octanol–water partition coefficient (Wildman–Crippen LogP) is 2.55. The van der Waals surface area contributed by atoms with Crippen LogP contribution in [0.5, 0.6) is 17.2 Å². The SMILES string of the molecule is COc1cccc(/C=N\NC(=O)COc2cc(C)ccc2C)c1O. The first-order valence-electron chi connectivity index (χ1n) is 7.39. The Morgan fingerprint density at radius 3 is 2.79 bits per heavy atom. The number of nitrogens with zero attached hydrogens (tertiary/aromatic N) is 1. The van der Waals surface area contributed by atoms with Gasteiger partial charge in [-0.05, 0) is 43.2 Å². The molecule has 0 atom stereocenters. The number of carbonyl (C=O) groups is 1. The first kappa shape index (κ1) is 17.3. The van der Waals surface area contributed by atoms with E-state index in [2.05, 4.69) is 10.5 Å². The Labute approximate surface area is 140 Å². The van der Waals surface area contributed by atoms with Crippen molar-refractivity contribution in [1.29, 1.82) is 0 Å². The van der Waals surface area contributed by atoms with Crippen LogP contribution in [0.4, 0.5) is 0 Å². The van der Waals surface area contributed by atoms with Gasteiger partial charge < -0.3 is 14.6 Å². The summed E-state index contributed by atoms with van der Waals surface area (Å²) in [4.78, 5) is 11.8. The third kappa shape index (κ3) is 4.49. The van der Waals surface area contributed by atoms with Gasteiger partial charge in [-0.15, -0.1) is 0 Å². The van der Waals surface area contributed by atoms with E-state index in [1.165, 1.54) is 13.3 Å². The van der Waals surface area contributed by atoms with E-state index >= 15 is 0 Å². The molecule has 0 aliphatic heterocycles. The van der Waals surface area contributed by atoms with Gasteiger partial charge in [0.05, 0.1) is 13.3 Å². The van der Waals surface area contributed by atoms with Gasteiger partial charge >= 0.3 is 0 Å². The number of rotatable bonds is 6. The molecule has 2 rings (SSSR count). The van der Waals surface area contributed by atoms with Gasteiger partial charge in [-0.1, -0.05) is 18.2 Å². The second-order valence-corrected chi connectivity index (χ2v) is 5.25. The average molecular weight is 328 g/mol. The summed E-state index contributed by atoms with van der Waals surface area (Å²) in [6.45, 7) is 3.72. The van der Waals surface area contributed by atoms with Crippen molar-refractivity contribution in [3.05, 3.63) is 53.1 Å². The van der Waals surface area contributed by atoms with E-state index in [0.717, 1.165) is 11.1 Å². The normalized spacial score (nSPS) is 10.6. The molecule has 0 aromatic heterocycles. The van der Waals surface area contributed by atoms with Gasteiger partial charge in [0.25, 0.3) is 5.91 Å². The van der Waals surface area contributed by atoms with Gasteiger partial charge in [-0.25, -0.2) is 5.43 Å². The van der Waals surface area contributed by atoms with E-state index in [1.54, 1.807) is 18.2 Å². The molecule has 2 aromatic rings. The first-order valence-corrected chi connectivity index (χ1v) is 7.39. The average Bonchev–Trinajstić information content (AvgIpc) is 2.57. The minimum Gasteiger partial charge on any atom is -0.504 e. The summed E-state index contributed by atoms with van der Waals surface area (Å²) in [5.74, 6) is 0.572. The van der Waals surface area contributed by atoms with E-state index < -0.39 is 5.91 Å². The second-order valence-electron chi connectivity index (χ2n) is 5.25. The van der Waals surface area contributed by atoms with Crippen molar-refractivity contribution in [3.8, 4) is 17.2 Å². The lowest BCUT2D eigenvalue weighted by Gasteiger charge is -2.09. The van der Waals surface area contributed by atoms with Crippen LogP contribution in [-0.2, 0) is 4.79 Å². The molecule has 0 spiro atoms. The number of aromatic hydroxyl groups is 1. The molecule has 0 aliphatic carbocycles. The maximum absolute atomic E-state index is 11.8. The predicted molar refractivity (Wildman–Crippen MR) is 91.8 cm³/mol. The van der Waals surface area contributed by atoms with Crippen LogP contribution >= 0.6 is 0 Å². The molecule has 0 aliphatic rings.